The number of cyclic esters (lactones) is 2. The first kappa shape index (κ1) is 24.3. The molecule has 2 aliphatic rings. The molecule has 0 spiro atoms. The molecule has 0 aromatic carbocycles. The SMILES string of the molecule is O=C1CCCCC(=O)[NH+]2CCCC2C(=O)OCCCCCCOC(=O)CCCCN1. The molecule has 0 radical (unpaired) electrons. The van der Waals surface area contributed by atoms with Crippen molar-refractivity contribution in [2.24, 2.45) is 0 Å². The molecule has 170 valence electrons. The summed E-state index contributed by atoms with van der Waals surface area (Å²) in [5.41, 5.74) is 0. The summed E-state index contributed by atoms with van der Waals surface area (Å²) < 4.78 is 10.6. The molecule has 8 nitrogen and oxygen atoms in total. The Balaban J connectivity index is 1.80. The number of amides is 2. The van der Waals surface area contributed by atoms with Gasteiger partial charge in [0.05, 0.1) is 26.2 Å². The van der Waals surface area contributed by atoms with Crippen LogP contribution in [-0.4, -0.2) is 56.1 Å². The van der Waals surface area contributed by atoms with Crippen molar-refractivity contribution in [2.45, 2.75) is 89.5 Å². The van der Waals surface area contributed by atoms with E-state index in [-0.39, 0.29) is 29.8 Å². The average Bonchev–Trinajstić information content (AvgIpc) is 3.22. The van der Waals surface area contributed by atoms with Crippen molar-refractivity contribution >= 4 is 23.8 Å². The zero-order valence-electron chi connectivity index (χ0n) is 18.0. The summed E-state index contributed by atoms with van der Waals surface area (Å²) in [5.74, 6) is -0.444. The third-order valence-electron chi connectivity index (χ3n) is 5.74. The van der Waals surface area contributed by atoms with Gasteiger partial charge in [-0.2, -0.15) is 0 Å². The van der Waals surface area contributed by atoms with Gasteiger partial charge in [0.2, 0.25) is 5.91 Å². The van der Waals surface area contributed by atoms with E-state index in [2.05, 4.69) is 5.32 Å². The van der Waals surface area contributed by atoms with Gasteiger partial charge in [-0.15, -0.1) is 0 Å². The van der Waals surface area contributed by atoms with Gasteiger partial charge in [-0.3, -0.25) is 14.5 Å². The summed E-state index contributed by atoms with van der Waals surface area (Å²) in [4.78, 5) is 49.2. The van der Waals surface area contributed by atoms with Gasteiger partial charge in [0.25, 0.3) is 0 Å². The van der Waals surface area contributed by atoms with Crippen LogP contribution in [0.2, 0.25) is 0 Å². The first-order valence-electron chi connectivity index (χ1n) is 11.6. The van der Waals surface area contributed by atoms with Gasteiger partial charge in [0.1, 0.15) is 0 Å². The van der Waals surface area contributed by atoms with E-state index in [0.717, 1.165) is 38.5 Å². The summed E-state index contributed by atoms with van der Waals surface area (Å²) >= 11 is 0. The van der Waals surface area contributed by atoms with Crippen LogP contribution in [0.1, 0.15) is 83.5 Å². The Morgan fingerprint density at radius 3 is 2.23 bits per heavy atom. The molecule has 0 aliphatic carbocycles. The van der Waals surface area contributed by atoms with E-state index in [0.29, 0.717) is 76.1 Å². The largest absolute Gasteiger partial charge is 0.466 e. The summed E-state index contributed by atoms with van der Waals surface area (Å²) in [6.07, 6.45) is 8.79. The smallest absolute Gasteiger partial charge is 0.365 e. The van der Waals surface area contributed by atoms with Crippen LogP contribution in [0.25, 0.3) is 0 Å². The lowest BCUT2D eigenvalue weighted by atomic mass is 10.1. The van der Waals surface area contributed by atoms with Crippen LogP contribution >= 0.6 is 0 Å². The number of ether oxygens (including phenoxy) is 2. The normalized spacial score (nSPS) is 27.5. The molecular formula is C22H37N2O6+. The molecule has 2 N–H and O–H groups in total. The molecule has 2 heterocycles. The fourth-order valence-electron chi connectivity index (χ4n) is 3.97. The standard InChI is InChI=1S/C22H36N2O6/c25-19-11-3-4-12-20(26)24-15-9-10-18(24)22(28)30-17-8-2-1-7-16-29-21(27)13-5-6-14-23-19/h18H,1-17H2,(H,23,25)/p+1. The van der Waals surface area contributed by atoms with E-state index in [4.69, 9.17) is 9.47 Å². The van der Waals surface area contributed by atoms with Gasteiger partial charge in [-0.25, -0.2) is 9.59 Å². The lowest BCUT2D eigenvalue weighted by Gasteiger charge is -2.18. The fraction of sp³-hybridized carbons (Fsp3) is 0.818. The Bertz CT molecular complexity index is 580. The monoisotopic (exact) mass is 425 g/mol. The topological polar surface area (TPSA) is 103 Å². The van der Waals surface area contributed by atoms with Crippen LogP contribution in [0.4, 0.5) is 0 Å². The molecule has 2 rings (SSSR count). The number of carbonyl (C=O) groups excluding carboxylic acids is 4. The number of hydrogen-bond acceptors (Lipinski definition) is 6. The summed E-state index contributed by atoms with van der Waals surface area (Å²) in [6.45, 7) is 2.01. The highest BCUT2D eigenvalue weighted by molar-refractivity contribution is 5.78. The molecule has 0 saturated carbocycles. The Labute approximate surface area is 179 Å². The third kappa shape index (κ3) is 9.24. The molecule has 30 heavy (non-hydrogen) atoms. The zero-order chi connectivity index (χ0) is 21.6. The quantitative estimate of drug-likeness (QED) is 0.563. The van der Waals surface area contributed by atoms with Gasteiger partial charge >= 0.3 is 17.8 Å². The highest BCUT2D eigenvalue weighted by Gasteiger charge is 2.40. The molecule has 0 aromatic heterocycles. The van der Waals surface area contributed by atoms with Crippen molar-refractivity contribution in [3.63, 3.8) is 0 Å². The van der Waals surface area contributed by atoms with Crippen molar-refractivity contribution in [3.8, 4) is 0 Å². The summed E-state index contributed by atoms with van der Waals surface area (Å²) in [7, 11) is 0. The molecule has 0 bridgehead atoms. The van der Waals surface area contributed by atoms with Gasteiger partial charge in [0, 0.05) is 32.2 Å². The Kier molecular flexibility index (Phi) is 11.4. The molecule has 8 heteroatoms. The van der Waals surface area contributed by atoms with Crippen molar-refractivity contribution in [1.29, 1.82) is 0 Å². The second kappa shape index (κ2) is 14.1. The Hall–Kier alpha value is -1.96. The first-order valence-corrected chi connectivity index (χ1v) is 11.6. The molecular weight excluding hydrogens is 388 g/mol. The second-order valence-corrected chi connectivity index (χ2v) is 8.21. The van der Waals surface area contributed by atoms with Gasteiger partial charge in [0.15, 0.2) is 6.04 Å². The van der Waals surface area contributed by atoms with E-state index in [9.17, 15) is 19.2 Å². The van der Waals surface area contributed by atoms with E-state index in [1.54, 1.807) is 0 Å². The number of nitrogens with one attached hydrogen (secondary N) is 2. The number of quaternary nitrogens is 1. The maximum atomic E-state index is 12.5. The molecule has 2 aliphatic heterocycles. The second-order valence-electron chi connectivity index (χ2n) is 8.21. The van der Waals surface area contributed by atoms with Gasteiger partial charge in [-0.05, 0) is 51.4 Å². The molecule has 2 fully saturated rings. The number of esters is 2. The Morgan fingerprint density at radius 2 is 1.43 bits per heavy atom. The van der Waals surface area contributed by atoms with Crippen LogP contribution in [0.3, 0.4) is 0 Å². The van der Waals surface area contributed by atoms with Crippen LogP contribution < -0.4 is 10.2 Å². The summed E-state index contributed by atoms with van der Waals surface area (Å²) in [6, 6.07) is -0.387. The predicted molar refractivity (Wildman–Crippen MR) is 110 cm³/mol. The minimum Gasteiger partial charge on any atom is -0.466 e. The first-order chi connectivity index (χ1) is 14.6. The Morgan fingerprint density at radius 1 is 0.733 bits per heavy atom. The maximum absolute atomic E-state index is 12.5. The highest BCUT2D eigenvalue weighted by atomic mass is 16.5. The molecule has 0 aromatic rings. The number of rotatable bonds is 0. The minimum absolute atomic E-state index is 0.0293. The van der Waals surface area contributed by atoms with E-state index >= 15 is 0 Å². The lowest BCUT2D eigenvalue weighted by Crippen LogP contribution is -3.17. The molecule has 2 amide bonds. The van der Waals surface area contributed by atoms with Crippen LogP contribution in [0, 0.1) is 0 Å². The van der Waals surface area contributed by atoms with Gasteiger partial charge in [-0.1, -0.05) is 0 Å². The highest BCUT2D eigenvalue weighted by Crippen LogP contribution is 2.07. The van der Waals surface area contributed by atoms with Crippen molar-refractivity contribution in [3.05, 3.63) is 0 Å². The van der Waals surface area contributed by atoms with Crippen molar-refractivity contribution in [1.82, 2.24) is 5.32 Å². The third-order valence-corrected chi connectivity index (χ3v) is 5.74. The van der Waals surface area contributed by atoms with E-state index < -0.39 is 0 Å². The van der Waals surface area contributed by atoms with E-state index in [1.165, 1.54) is 0 Å². The number of carbonyl (C=O) groups is 4. The maximum Gasteiger partial charge on any atom is 0.365 e. The predicted octanol–water partition coefficient (Wildman–Crippen LogP) is 1.07. The van der Waals surface area contributed by atoms with Crippen molar-refractivity contribution < 1.29 is 33.6 Å². The van der Waals surface area contributed by atoms with Gasteiger partial charge < -0.3 is 14.8 Å². The van der Waals surface area contributed by atoms with Crippen LogP contribution in [-0.2, 0) is 28.7 Å². The molecule has 2 unspecified atom stereocenters. The lowest BCUT2D eigenvalue weighted by molar-refractivity contribution is -0.824. The number of hydrogen-bond donors (Lipinski definition) is 2. The van der Waals surface area contributed by atoms with Crippen molar-refractivity contribution in [2.75, 3.05) is 26.3 Å². The summed E-state index contributed by atoms with van der Waals surface area (Å²) in [5, 5.41) is 2.85. The molecule has 2 atom stereocenters. The molecule has 2 saturated heterocycles. The zero-order valence-corrected chi connectivity index (χ0v) is 18.0. The van der Waals surface area contributed by atoms with Crippen LogP contribution in [0.15, 0.2) is 0 Å². The number of fused-ring (bicyclic) bond motifs is 1. The van der Waals surface area contributed by atoms with E-state index in [1.807, 2.05) is 0 Å². The fourth-order valence-corrected chi connectivity index (χ4v) is 3.97. The minimum atomic E-state index is -0.387. The average molecular weight is 426 g/mol. The van der Waals surface area contributed by atoms with Crippen LogP contribution in [0.5, 0.6) is 0 Å².